The number of hydrogen-bond acceptors (Lipinski definition) is 9. The third-order valence-electron chi connectivity index (χ3n) is 7.55. The van der Waals surface area contributed by atoms with Crippen LogP contribution in [0.2, 0.25) is 0 Å². The predicted octanol–water partition coefficient (Wildman–Crippen LogP) is 3.98. The molecule has 1 aromatic carbocycles. The van der Waals surface area contributed by atoms with Crippen LogP contribution in [-0.4, -0.2) is 65.5 Å². The van der Waals surface area contributed by atoms with Crippen molar-refractivity contribution in [2.45, 2.75) is 26.4 Å². The second kappa shape index (κ2) is 11.7. The van der Waals surface area contributed by atoms with Crippen LogP contribution >= 0.6 is 11.3 Å². The second-order valence-corrected chi connectivity index (χ2v) is 11.5. The van der Waals surface area contributed by atoms with Gasteiger partial charge in [0.1, 0.15) is 5.82 Å². The molecule has 0 spiro atoms. The first kappa shape index (κ1) is 26.4. The summed E-state index contributed by atoms with van der Waals surface area (Å²) in [5, 5.41) is 9.69. The SMILES string of the molecule is Cc1cc(-c2ccnc(Nc3ccc(N4CCN(C)CC4)cn3)n2)ccc1CNC(=O)c1cc2c(s1)CCNC2. The Morgan fingerprint density at radius 2 is 1.95 bits per heavy atom. The molecule has 4 aromatic rings. The zero-order valence-corrected chi connectivity index (χ0v) is 23.7. The number of thiophene rings is 1. The lowest BCUT2D eigenvalue weighted by molar-refractivity contribution is 0.0955. The lowest BCUT2D eigenvalue weighted by Gasteiger charge is -2.33. The molecule has 10 heteroatoms. The van der Waals surface area contributed by atoms with Crippen LogP contribution in [0, 0.1) is 6.92 Å². The average molecular weight is 555 g/mol. The fourth-order valence-electron chi connectivity index (χ4n) is 5.09. The summed E-state index contributed by atoms with van der Waals surface area (Å²) in [6, 6.07) is 14.2. The van der Waals surface area contributed by atoms with Crippen molar-refractivity contribution >= 4 is 34.7 Å². The fraction of sp³-hybridized carbons (Fsp3) is 0.333. The molecule has 3 N–H and O–H groups in total. The maximum atomic E-state index is 12.8. The first-order chi connectivity index (χ1) is 19.5. The Hall–Kier alpha value is -3.86. The third kappa shape index (κ3) is 5.99. The fourth-order valence-corrected chi connectivity index (χ4v) is 6.18. The van der Waals surface area contributed by atoms with Gasteiger partial charge in [0.25, 0.3) is 5.91 Å². The van der Waals surface area contributed by atoms with Gasteiger partial charge in [-0.3, -0.25) is 4.79 Å². The van der Waals surface area contributed by atoms with Gasteiger partial charge in [-0.05, 0) is 67.4 Å². The van der Waals surface area contributed by atoms with Gasteiger partial charge in [-0.25, -0.2) is 15.0 Å². The number of carbonyl (C=O) groups excluding carboxylic acids is 1. The first-order valence-corrected chi connectivity index (χ1v) is 14.5. The van der Waals surface area contributed by atoms with Gasteiger partial charge in [0.05, 0.1) is 22.5 Å². The Morgan fingerprint density at radius 3 is 2.73 bits per heavy atom. The summed E-state index contributed by atoms with van der Waals surface area (Å²) in [6.07, 6.45) is 4.65. The summed E-state index contributed by atoms with van der Waals surface area (Å²) < 4.78 is 0. The van der Waals surface area contributed by atoms with Gasteiger partial charge >= 0.3 is 0 Å². The number of amides is 1. The topological polar surface area (TPSA) is 98.3 Å². The summed E-state index contributed by atoms with van der Waals surface area (Å²) in [7, 11) is 2.16. The maximum Gasteiger partial charge on any atom is 0.261 e. The van der Waals surface area contributed by atoms with E-state index in [0.717, 1.165) is 78.6 Å². The van der Waals surface area contributed by atoms with Crippen LogP contribution in [0.1, 0.15) is 31.2 Å². The maximum absolute atomic E-state index is 12.8. The van der Waals surface area contributed by atoms with Gasteiger partial charge in [-0.1, -0.05) is 12.1 Å². The number of nitrogens with one attached hydrogen (secondary N) is 3. The van der Waals surface area contributed by atoms with Crippen LogP contribution in [0.3, 0.4) is 0 Å². The highest BCUT2D eigenvalue weighted by molar-refractivity contribution is 7.14. The van der Waals surface area contributed by atoms with Crippen LogP contribution in [0.25, 0.3) is 11.3 Å². The van der Waals surface area contributed by atoms with E-state index in [1.807, 2.05) is 30.5 Å². The minimum absolute atomic E-state index is 0.0143. The lowest BCUT2D eigenvalue weighted by Crippen LogP contribution is -2.44. The molecule has 0 saturated carbocycles. The second-order valence-electron chi connectivity index (χ2n) is 10.4. The number of carbonyl (C=O) groups is 1. The van der Waals surface area contributed by atoms with Gasteiger partial charge in [0.2, 0.25) is 5.95 Å². The normalized spacial score (nSPS) is 15.5. The number of nitrogens with zero attached hydrogens (tertiary/aromatic N) is 5. The molecule has 1 saturated heterocycles. The zero-order chi connectivity index (χ0) is 27.5. The molecule has 0 aliphatic carbocycles. The largest absolute Gasteiger partial charge is 0.368 e. The summed E-state index contributed by atoms with van der Waals surface area (Å²) in [5.41, 5.74) is 6.38. The van der Waals surface area contributed by atoms with Crippen molar-refractivity contribution in [1.29, 1.82) is 0 Å². The van der Waals surface area contributed by atoms with Crippen LogP contribution in [0.15, 0.2) is 54.9 Å². The van der Waals surface area contributed by atoms with Gasteiger partial charge in [-0.2, -0.15) is 0 Å². The Kier molecular flexibility index (Phi) is 7.72. The number of hydrogen-bond donors (Lipinski definition) is 3. The summed E-state index contributed by atoms with van der Waals surface area (Å²) in [5.74, 6) is 1.19. The number of rotatable bonds is 7. The highest BCUT2D eigenvalue weighted by Gasteiger charge is 2.17. The van der Waals surface area contributed by atoms with Crippen molar-refractivity contribution < 1.29 is 4.79 Å². The highest BCUT2D eigenvalue weighted by Crippen LogP contribution is 2.26. The van der Waals surface area contributed by atoms with Crippen molar-refractivity contribution in [2.75, 3.05) is 50.0 Å². The van der Waals surface area contributed by atoms with E-state index in [1.54, 1.807) is 17.5 Å². The summed E-state index contributed by atoms with van der Waals surface area (Å²) in [6.45, 7) is 8.51. The molecule has 1 amide bonds. The van der Waals surface area contributed by atoms with Gasteiger partial charge in [-0.15, -0.1) is 11.3 Å². The monoisotopic (exact) mass is 554 g/mol. The lowest BCUT2D eigenvalue weighted by atomic mass is 10.0. The van der Waals surface area contributed by atoms with Crippen LogP contribution in [0.4, 0.5) is 17.5 Å². The Bertz CT molecular complexity index is 1470. The van der Waals surface area contributed by atoms with E-state index >= 15 is 0 Å². The van der Waals surface area contributed by atoms with Crippen molar-refractivity contribution in [2.24, 2.45) is 0 Å². The van der Waals surface area contributed by atoms with E-state index in [4.69, 9.17) is 4.98 Å². The van der Waals surface area contributed by atoms with E-state index in [0.29, 0.717) is 18.3 Å². The van der Waals surface area contributed by atoms with Gasteiger partial charge < -0.3 is 25.8 Å². The van der Waals surface area contributed by atoms with E-state index < -0.39 is 0 Å². The van der Waals surface area contributed by atoms with Gasteiger partial charge in [0.15, 0.2) is 0 Å². The molecular formula is C30H34N8OS. The molecule has 0 bridgehead atoms. The molecule has 0 atom stereocenters. The van der Waals surface area contributed by atoms with Crippen LogP contribution < -0.4 is 20.9 Å². The van der Waals surface area contributed by atoms with E-state index in [9.17, 15) is 4.79 Å². The molecule has 6 rings (SSSR count). The summed E-state index contributed by atoms with van der Waals surface area (Å²) in [4.78, 5) is 33.3. The number of piperazine rings is 1. The third-order valence-corrected chi connectivity index (χ3v) is 8.79. The molecule has 1 fully saturated rings. The van der Waals surface area contributed by atoms with E-state index in [2.05, 4.69) is 67.9 Å². The molecule has 0 radical (unpaired) electrons. The Balaban J connectivity index is 1.08. The predicted molar refractivity (Wildman–Crippen MR) is 160 cm³/mol. The van der Waals surface area contributed by atoms with Gasteiger partial charge in [0, 0.05) is 62.5 Å². The minimum Gasteiger partial charge on any atom is -0.368 e. The van der Waals surface area contributed by atoms with Crippen molar-refractivity contribution in [1.82, 2.24) is 30.5 Å². The average Bonchev–Trinajstić information content (AvgIpc) is 3.42. The Labute approximate surface area is 238 Å². The quantitative estimate of drug-likeness (QED) is 0.316. The number of fused-ring (bicyclic) bond motifs is 1. The molecule has 206 valence electrons. The van der Waals surface area contributed by atoms with Crippen LogP contribution in [0.5, 0.6) is 0 Å². The number of likely N-dealkylation sites (N-methyl/N-ethyl adjacent to an activating group) is 1. The standard InChI is InChI=1S/C30H34N8OS/c1-20-15-21(3-4-22(20)18-34-29(39)27-16-23-17-31-9-8-26(23)40-27)25-7-10-32-30(35-25)36-28-6-5-24(19-33-28)38-13-11-37(2)12-14-38/h3-7,10,15-16,19,31H,8-9,11-14,17-18H2,1-2H3,(H,34,39)(H,32,33,35,36). The van der Waals surface area contributed by atoms with Crippen molar-refractivity contribution in [3.8, 4) is 11.3 Å². The molecule has 5 heterocycles. The molecule has 40 heavy (non-hydrogen) atoms. The van der Waals surface area contributed by atoms with Crippen molar-refractivity contribution in [3.63, 3.8) is 0 Å². The number of benzene rings is 1. The number of aromatic nitrogens is 3. The molecule has 3 aromatic heterocycles. The van der Waals surface area contributed by atoms with Crippen molar-refractivity contribution in [3.05, 3.63) is 81.3 Å². The molecule has 2 aliphatic heterocycles. The number of aryl methyl sites for hydroxylation is 1. The zero-order valence-electron chi connectivity index (χ0n) is 22.9. The Morgan fingerprint density at radius 1 is 1.07 bits per heavy atom. The molecule has 9 nitrogen and oxygen atoms in total. The molecular weight excluding hydrogens is 520 g/mol. The van der Waals surface area contributed by atoms with E-state index in [1.165, 1.54) is 10.4 Å². The molecule has 2 aliphatic rings. The number of pyridine rings is 1. The van der Waals surface area contributed by atoms with E-state index in [-0.39, 0.29) is 5.91 Å². The number of anilines is 3. The smallest absolute Gasteiger partial charge is 0.261 e. The molecule has 0 unspecified atom stereocenters. The van der Waals surface area contributed by atoms with Crippen LogP contribution in [-0.2, 0) is 19.5 Å². The highest BCUT2D eigenvalue weighted by atomic mass is 32.1. The first-order valence-electron chi connectivity index (χ1n) is 13.7. The minimum atomic E-state index is -0.0143. The summed E-state index contributed by atoms with van der Waals surface area (Å²) >= 11 is 1.61.